The zero-order valence-electron chi connectivity index (χ0n) is 9.56. The highest BCUT2D eigenvalue weighted by Crippen LogP contribution is 2.09. The molecule has 82 valence electrons. The van der Waals surface area contributed by atoms with E-state index in [9.17, 15) is 0 Å². The second-order valence-corrected chi connectivity index (χ2v) is 4.45. The summed E-state index contributed by atoms with van der Waals surface area (Å²) in [7, 11) is 4.32. The van der Waals surface area contributed by atoms with Gasteiger partial charge >= 0.3 is 0 Å². The average molecular weight is 205 g/mol. The number of benzene rings is 1. The Morgan fingerprint density at radius 2 is 1.53 bits per heavy atom. The summed E-state index contributed by atoms with van der Waals surface area (Å²) in [6, 6.07) is 10.7. The topological polar surface area (TPSA) is 9.72 Å². The zero-order chi connectivity index (χ0) is 10.7. The van der Waals surface area contributed by atoms with E-state index in [1.54, 1.807) is 0 Å². The second-order valence-electron chi connectivity index (χ2n) is 4.45. The Kier molecular flexibility index (Phi) is 3.36. The third-order valence-electron chi connectivity index (χ3n) is 2.61. The van der Waals surface area contributed by atoms with Crippen molar-refractivity contribution in [2.75, 3.05) is 34.1 Å². The van der Waals surface area contributed by atoms with Crippen molar-refractivity contribution in [1.82, 2.24) is 14.7 Å². The van der Waals surface area contributed by atoms with Gasteiger partial charge in [0.2, 0.25) is 0 Å². The van der Waals surface area contributed by atoms with Gasteiger partial charge in [-0.2, -0.15) is 0 Å². The first-order valence-electron chi connectivity index (χ1n) is 5.37. The molecular weight excluding hydrogens is 186 g/mol. The van der Waals surface area contributed by atoms with Crippen LogP contribution in [0, 0.1) is 0 Å². The third kappa shape index (κ3) is 3.02. The molecule has 0 atom stereocenters. The second kappa shape index (κ2) is 4.75. The maximum Gasteiger partial charge on any atom is 0.0530 e. The van der Waals surface area contributed by atoms with Crippen LogP contribution in [0.1, 0.15) is 5.56 Å². The standard InChI is InChI=1S/C12H19N3/c1-13-9-14(2)11-15(10-13)8-12-6-4-3-5-7-12/h3-7H,8-11H2,1-2H3. The van der Waals surface area contributed by atoms with E-state index >= 15 is 0 Å². The van der Waals surface area contributed by atoms with Crippen molar-refractivity contribution in [2.45, 2.75) is 6.54 Å². The number of rotatable bonds is 2. The lowest BCUT2D eigenvalue weighted by molar-refractivity contribution is -0.00598. The largest absolute Gasteiger partial charge is 0.280 e. The van der Waals surface area contributed by atoms with E-state index in [2.05, 4.69) is 59.1 Å². The van der Waals surface area contributed by atoms with Crippen LogP contribution in [0.15, 0.2) is 30.3 Å². The fourth-order valence-corrected chi connectivity index (χ4v) is 2.17. The Morgan fingerprint density at radius 1 is 0.933 bits per heavy atom. The van der Waals surface area contributed by atoms with Gasteiger partial charge < -0.3 is 0 Å². The fraction of sp³-hybridized carbons (Fsp3) is 0.500. The van der Waals surface area contributed by atoms with E-state index in [4.69, 9.17) is 0 Å². The molecule has 1 aliphatic heterocycles. The summed E-state index contributed by atoms with van der Waals surface area (Å²) < 4.78 is 0. The monoisotopic (exact) mass is 205 g/mol. The molecule has 0 aromatic heterocycles. The Hall–Kier alpha value is -0.900. The maximum atomic E-state index is 2.44. The molecule has 1 aromatic carbocycles. The summed E-state index contributed by atoms with van der Waals surface area (Å²) in [6.45, 7) is 4.21. The van der Waals surface area contributed by atoms with Crippen LogP contribution >= 0.6 is 0 Å². The zero-order valence-corrected chi connectivity index (χ0v) is 9.56. The van der Waals surface area contributed by atoms with Crippen LogP contribution in [-0.4, -0.2) is 48.8 Å². The first-order valence-corrected chi connectivity index (χ1v) is 5.37. The van der Waals surface area contributed by atoms with Crippen LogP contribution in [0.4, 0.5) is 0 Å². The van der Waals surface area contributed by atoms with Crippen molar-refractivity contribution in [3.8, 4) is 0 Å². The summed E-state index contributed by atoms with van der Waals surface area (Å²) >= 11 is 0. The van der Waals surface area contributed by atoms with Gasteiger partial charge in [-0.25, -0.2) is 0 Å². The highest BCUT2D eigenvalue weighted by molar-refractivity contribution is 5.14. The minimum Gasteiger partial charge on any atom is -0.280 e. The van der Waals surface area contributed by atoms with Crippen LogP contribution in [0.3, 0.4) is 0 Å². The van der Waals surface area contributed by atoms with E-state index in [1.807, 2.05) is 0 Å². The first-order chi connectivity index (χ1) is 7.24. The first kappa shape index (κ1) is 10.6. The van der Waals surface area contributed by atoms with E-state index in [0.29, 0.717) is 0 Å². The molecule has 1 saturated heterocycles. The van der Waals surface area contributed by atoms with Crippen molar-refractivity contribution in [1.29, 1.82) is 0 Å². The molecule has 0 amide bonds. The molecule has 1 heterocycles. The van der Waals surface area contributed by atoms with Crippen LogP contribution < -0.4 is 0 Å². The normalized spacial score (nSPS) is 20.7. The van der Waals surface area contributed by atoms with E-state index in [1.165, 1.54) is 5.56 Å². The molecule has 1 aromatic rings. The summed E-state index contributed by atoms with van der Waals surface area (Å²) in [5.41, 5.74) is 1.39. The van der Waals surface area contributed by atoms with Crippen molar-refractivity contribution in [3.05, 3.63) is 35.9 Å². The summed E-state index contributed by atoms with van der Waals surface area (Å²) in [4.78, 5) is 7.09. The van der Waals surface area contributed by atoms with Crippen LogP contribution in [0.5, 0.6) is 0 Å². The number of hydrogen-bond acceptors (Lipinski definition) is 3. The molecule has 2 rings (SSSR count). The van der Waals surface area contributed by atoms with Gasteiger partial charge in [-0.15, -0.1) is 0 Å². The molecule has 0 bridgehead atoms. The number of hydrogen-bond donors (Lipinski definition) is 0. The molecule has 0 spiro atoms. The molecule has 0 unspecified atom stereocenters. The van der Waals surface area contributed by atoms with Gasteiger partial charge in [0.15, 0.2) is 0 Å². The average Bonchev–Trinajstić information content (AvgIpc) is 2.17. The van der Waals surface area contributed by atoms with Gasteiger partial charge in [0.25, 0.3) is 0 Å². The molecule has 15 heavy (non-hydrogen) atoms. The lowest BCUT2D eigenvalue weighted by Gasteiger charge is -2.38. The SMILES string of the molecule is CN1CN(C)CN(Cc2ccccc2)C1. The predicted molar refractivity (Wildman–Crippen MR) is 62.1 cm³/mol. The molecule has 0 saturated carbocycles. The van der Waals surface area contributed by atoms with Crippen molar-refractivity contribution in [2.24, 2.45) is 0 Å². The molecule has 0 aliphatic carbocycles. The molecular formula is C12H19N3. The van der Waals surface area contributed by atoms with Crippen LogP contribution in [-0.2, 0) is 6.54 Å². The minimum absolute atomic E-state index is 1.04. The van der Waals surface area contributed by atoms with Gasteiger partial charge in [0.1, 0.15) is 0 Å². The highest BCUT2D eigenvalue weighted by Gasteiger charge is 2.17. The summed E-state index contributed by atoms with van der Waals surface area (Å²) in [5.74, 6) is 0. The van der Waals surface area contributed by atoms with E-state index < -0.39 is 0 Å². The quantitative estimate of drug-likeness (QED) is 0.719. The lowest BCUT2D eigenvalue weighted by Crippen LogP contribution is -2.51. The number of nitrogens with zero attached hydrogens (tertiary/aromatic N) is 3. The molecule has 3 nitrogen and oxygen atoms in total. The Bertz CT molecular complexity index is 289. The van der Waals surface area contributed by atoms with Gasteiger partial charge in [0.05, 0.1) is 20.0 Å². The van der Waals surface area contributed by atoms with Gasteiger partial charge in [0, 0.05) is 6.54 Å². The molecule has 0 N–H and O–H groups in total. The smallest absolute Gasteiger partial charge is 0.0530 e. The molecule has 3 heteroatoms. The van der Waals surface area contributed by atoms with Gasteiger partial charge in [-0.1, -0.05) is 30.3 Å². The molecule has 0 radical (unpaired) electrons. The van der Waals surface area contributed by atoms with Crippen molar-refractivity contribution in [3.63, 3.8) is 0 Å². The Balaban J connectivity index is 1.94. The van der Waals surface area contributed by atoms with Crippen molar-refractivity contribution < 1.29 is 0 Å². The van der Waals surface area contributed by atoms with E-state index in [-0.39, 0.29) is 0 Å². The summed E-state index contributed by atoms with van der Waals surface area (Å²) in [6.07, 6.45) is 0. The Morgan fingerprint density at radius 3 is 2.13 bits per heavy atom. The van der Waals surface area contributed by atoms with Gasteiger partial charge in [-0.3, -0.25) is 14.7 Å². The lowest BCUT2D eigenvalue weighted by atomic mass is 10.2. The molecule has 1 fully saturated rings. The summed E-state index contributed by atoms with van der Waals surface area (Å²) in [5, 5.41) is 0. The van der Waals surface area contributed by atoms with Crippen molar-refractivity contribution >= 4 is 0 Å². The minimum atomic E-state index is 1.04. The van der Waals surface area contributed by atoms with Crippen LogP contribution in [0.2, 0.25) is 0 Å². The predicted octanol–water partition coefficient (Wildman–Crippen LogP) is 1.24. The molecule has 1 aliphatic rings. The van der Waals surface area contributed by atoms with Gasteiger partial charge in [-0.05, 0) is 19.7 Å². The fourth-order valence-electron chi connectivity index (χ4n) is 2.17. The Labute approximate surface area is 91.9 Å². The maximum absolute atomic E-state index is 2.44. The van der Waals surface area contributed by atoms with E-state index in [0.717, 1.165) is 26.6 Å². The third-order valence-corrected chi connectivity index (χ3v) is 2.61. The van der Waals surface area contributed by atoms with Crippen LogP contribution in [0.25, 0.3) is 0 Å². The highest BCUT2D eigenvalue weighted by atomic mass is 15.5.